The first kappa shape index (κ1) is 24.9. The van der Waals surface area contributed by atoms with E-state index in [1.807, 2.05) is 24.3 Å². The molecule has 0 saturated heterocycles. The molecule has 0 radical (unpaired) electrons. The van der Waals surface area contributed by atoms with Crippen LogP contribution in [0.4, 0.5) is 5.69 Å². The molecule has 10 heteroatoms. The molecule has 4 rings (SSSR count). The van der Waals surface area contributed by atoms with E-state index in [1.165, 1.54) is 50.8 Å². The Morgan fingerprint density at radius 1 is 0.865 bits per heavy atom. The number of carbonyl (C=O) groups is 2. The maximum atomic E-state index is 12.9. The topological polar surface area (TPSA) is 129 Å². The average Bonchev–Trinajstić information content (AvgIpc) is 2.93. The monoisotopic (exact) mass is 499 g/mol. The fraction of sp³-hybridized carbons (Fsp3) is 0.0741. The third-order valence-electron chi connectivity index (χ3n) is 5.45. The van der Waals surface area contributed by atoms with Crippen LogP contribution in [0.25, 0.3) is 10.8 Å². The second-order valence-corrected chi connectivity index (χ2v) is 7.66. The lowest BCUT2D eigenvalue weighted by Crippen LogP contribution is -2.17. The Labute approximate surface area is 211 Å². The molecule has 0 aromatic heterocycles. The Bertz CT molecular complexity index is 1510. The number of nitrogens with zero attached hydrogens (tertiary/aromatic N) is 2. The van der Waals surface area contributed by atoms with Crippen LogP contribution < -0.4 is 19.6 Å². The van der Waals surface area contributed by atoms with Gasteiger partial charge < -0.3 is 14.2 Å². The van der Waals surface area contributed by atoms with Gasteiger partial charge in [0.05, 0.1) is 30.9 Å². The summed E-state index contributed by atoms with van der Waals surface area (Å²) in [5, 5.41) is 16.5. The molecule has 0 spiro atoms. The SMILES string of the molecule is COc1ccc(C(=O)Oc2ccc3ccccc3c2/C=N\NC(=O)c2ccc([N+](=O)[O-])cc2)cc1OC. The van der Waals surface area contributed by atoms with Gasteiger partial charge in [-0.1, -0.05) is 30.3 Å². The average molecular weight is 499 g/mol. The van der Waals surface area contributed by atoms with Gasteiger partial charge in [0.2, 0.25) is 0 Å². The molecular formula is C27H21N3O7. The largest absolute Gasteiger partial charge is 0.493 e. The van der Waals surface area contributed by atoms with Gasteiger partial charge in [0.15, 0.2) is 11.5 Å². The van der Waals surface area contributed by atoms with Gasteiger partial charge >= 0.3 is 5.97 Å². The number of benzene rings is 4. The molecule has 37 heavy (non-hydrogen) atoms. The molecule has 0 fully saturated rings. The standard InChI is InChI=1S/C27H21N3O7/c1-35-24-14-10-19(15-25(24)36-2)27(32)37-23-13-9-17-5-3-4-6-21(17)22(23)16-28-29-26(31)18-7-11-20(12-8-18)30(33)34/h3-16H,1-2H3,(H,29,31)/b28-16-. The van der Waals surface area contributed by atoms with Crippen LogP contribution in [0.2, 0.25) is 0 Å². The predicted molar refractivity (Wildman–Crippen MR) is 137 cm³/mol. The number of amides is 1. The summed E-state index contributed by atoms with van der Waals surface area (Å²) < 4.78 is 16.2. The molecule has 10 nitrogen and oxygen atoms in total. The summed E-state index contributed by atoms with van der Waals surface area (Å²) in [7, 11) is 2.97. The molecule has 1 amide bonds. The van der Waals surface area contributed by atoms with Gasteiger partial charge in [-0.3, -0.25) is 14.9 Å². The van der Waals surface area contributed by atoms with Crippen molar-refractivity contribution in [3.8, 4) is 17.2 Å². The highest BCUT2D eigenvalue weighted by Crippen LogP contribution is 2.30. The Morgan fingerprint density at radius 2 is 1.54 bits per heavy atom. The highest BCUT2D eigenvalue weighted by molar-refractivity contribution is 6.04. The first-order valence-corrected chi connectivity index (χ1v) is 10.9. The fourth-order valence-corrected chi connectivity index (χ4v) is 3.57. The van der Waals surface area contributed by atoms with Crippen LogP contribution in [0.5, 0.6) is 17.2 Å². The summed E-state index contributed by atoms with van der Waals surface area (Å²) in [6.07, 6.45) is 1.38. The number of nitrogens with one attached hydrogen (secondary N) is 1. The van der Waals surface area contributed by atoms with Gasteiger partial charge in [-0.05, 0) is 47.2 Å². The van der Waals surface area contributed by atoms with Crippen molar-refractivity contribution >= 4 is 34.6 Å². The molecule has 186 valence electrons. The molecular weight excluding hydrogens is 478 g/mol. The minimum Gasteiger partial charge on any atom is -0.493 e. The highest BCUT2D eigenvalue weighted by Gasteiger charge is 2.16. The number of non-ortho nitro benzene ring substituents is 1. The van der Waals surface area contributed by atoms with Crippen molar-refractivity contribution in [2.45, 2.75) is 0 Å². The van der Waals surface area contributed by atoms with E-state index in [2.05, 4.69) is 10.5 Å². The molecule has 4 aromatic rings. The lowest BCUT2D eigenvalue weighted by molar-refractivity contribution is -0.384. The first-order valence-electron chi connectivity index (χ1n) is 10.9. The molecule has 0 aliphatic carbocycles. The van der Waals surface area contributed by atoms with Crippen molar-refractivity contribution in [2.75, 3.05) is 14.2 Å². The molecule has 1 N–H and O–H groups in total. The molecule has 0 aliphatic heterocycles. The third-order valence-corrected chi connectivity index (χ3v) is 5.45. The number of nitro benzene ring substituents is 1. The number of ether oxygens (including phenoxy) is 3. The number of methoxy groups -OCH3 is 2. The maximum absolute atomic E-state index is 12.9. The van der Waals surface area contributed by atoms with Crippen LogP contribution in [-0.2, 0) is 0 Å². The molecule has 4 aromatic carbocycles. The van der Waals surface area contributed by atoms with E-state index in [0.717, 1.165) is 10.8 Å². The highest BCUT2D eigenvalue weighted by atomic mass is 16.6. The molecule has 0 saturated carbocycles. The Hall–Kier alpha value is -5.25. The van der Waals surface area contributed by atoms with Crippen LogP contribution in [0.1, 0.15) is 26.3 Å². The Morgan fingerprint density at radius 3 is 2.24 bits per heavy atom. The van der Waals surface area contributed by atoms with Gasteiger partial charge in [0.1, 0.15) is 5.75 Å². The first-order chi connectivity index (χ1) is 17.9. The quantitative estimate of drug-likeness (QED) is 0.122. The number of esters is 1. The molecule has 0 unspecified atom stereocenters. The minimum absolute atomic E-state index is 0.128. The second-order valence-electron chi connectivity index (χ2n) is 7.66. The Kier molecular flexibility index (Phi) is 7.39. The zero-order chi connectivity index (χ0) is 26.4. The van der Waals surface area contributed by atoms with Crippen molar-refractivity contribution < 1.29 is 28.7 Å². The van der Waals surface area contributed by atoms with E-state index in [9.17, 15) is 19.7 Å². The van der Waals surface area contributed by atoms with Crippen LogP contribution in [0.3, 0.4) is 0 Å². The van der Waals surface area contributed by atoms with E-state index in [4.69, 9.17) is 14.2 Å². The summed E-state index contributed by atoms with van der Waals surface area (Å²) in [6.45, 7) is 0. The van der Waals surface area contributed by atoms with E-state index < -0.39 is 16.8 Å². The molecule has 0 aliphatic rings. The van der Waals surface area contributed by atoms with Gasteiger partial charge in [-0.25, -0.2) is 10.2 Å². The van der Waals surface area contributed by atoms with Crippen LogP contribution in [0.15, 0.2) is 84.0 Å². The second kappa shape index (κ2) is 11.0. The van der Waals surface area contributed by atoms with Crippen molar-refractivity contribution in [3.05, 3.63) is 106 Å². The number of rotatable bonds is 8. The number of hydrogen-bond acceptors (Lipinski definition) is 8. The molecule has 0 atom stereocenters. The normalized spacial score (nSPS) is 10.8. The summed E-state index contributed by atoms with van der Waals surface area (Å²) in [4.78, 5) is 35.6. The maximum Gasteiger partial charge on any atom is 0.343 e. The number of hydrogen-bond donors (Lipinski definition) is 1. The van der Waals surface area contributed by atoms with E-state index >= 15 is 0 Å². The van der Waals surface area contributed by atoms with Crippen LogP contribution >= 0.6 is 0 Å². The zero-order valence-electron chi connectivity index (χ0n) is 19.8. The van der Waals surface area contributed by atoms with E-state index in [-0.39, 0.29) is 22.6 Å². The predicted octanol–water partition coefficient (Wildman–Crippen LogP) is 4.75. The zero-order valence-corrected chi connectivity index (χ0v) is 19.8. The van der Waals surface area contributed by atoms with Crippen LogP contribution in [0, 0.1) is 10.1 Å². The van der Waals surface area contributed by atoms with Gasteiger partial charge in [0, 0.05) is 23.3 Å². The summed E-state index contributed by atoms with van der Waals surface area (Å²) in [6, 6.07) is 20.7. The summed E-state index contributed by atoms with van der Waals surface area (Å²) in [5.41, 5.74) is 3.18. The van der Waals surface area contributed by atoms with Crippen molar-refractivity contribution in [1.29, 1.82) is 0 Å². The van der Waals surface area contributed by atoms with E-state index in [0.29, 0.717) is 17.1 Å². The number of carbonyl (C=O) groups excluding carboxylic acids is 2. The summed E-state index contributed by atoms with van der Waals surface area (Å²) in [5.74, 6) is -0.101. The van der Waals surface area contributed by atoms with Gasteiger partial charge in [-0.15, -0.1) is 0 Å². The van der Waals surface area contributed by atoms with Crippen LogP contribution in [-0.4, -0.2) is 37.2 Å². The van der Waals surface area contributed by atoms with Gasteiger partial charge in [0.25, 0.3) is 11.6 Å². The smallest absolute Gasteiger partial charge is 0.343 e. The third kappa shape index (κ3) is 5.54. The lowest BCUT2D eigenvalue weighted by atomic mass is 10.0. The minimum atomic E-state index is -0.624. The van der Waals surface area contributed by atoms with E-state index in [1.54, 1.807) is 24.3 Å². The van der Waals surface area contributed by atoms with Crippen molar-refractivity contribution in [3.63, 3.8) is 0 Å². The van der Waals surface area contributed by atoms with Gasteiger partial charge in [-0.2, -0.15) is 5.10 Å². The molecule has 0 bridgehead atoms. The number of nitro groups is 1. The van der Waals surface area contributed by atoms with Crippen molar-refractivity contribution in [2.24, 2.45) is 5.10 Å². The molecule has 0 heterocycles. The Balaban J connectivity index is 1.60. The van der Waals surface area contributed by atoms with Crippen molar-refractivity contribution in [1.82, 2.24) is 5.43 Å². The lowest BCUT2D eigenvalue weighted by Gasteiger charge is -2.12. The summed E-state index contributed by atoms with van der Waals surface area (Å²) >= 11 is 0. The number of fused-ring (bicyclic) bond motifs is 1. The number of hydrazone groups is 1. The fourth-order valence-electron chi connectivity index (χ4n) is 3.57.